The summed E-state index contributed by atoms with van der Waals surface area (Å²) in [5.74, 6) is 0. The highest BCUT2D eigenvalue weighted by Gasteiger charge is 2.14. The number of rotatable bonds is 9. The lowest BCUT2D eigenvalue weighted by atomic mass is 10.1. The standard InChI is InChI=1S/C23H28OS2/c1-4-5-11-20-15-22(26-18(20)3)23-21(14-17(2)25-23)12-13-24-16-19-9-7-6-8-10-19/h6-10,14-15H,4-5,11-13,16H2,1-3H3. The monoisotopic (exact) mass is 384 g/mol. The van der Waals surface area contributed by atoms with Gasteiger partial charge < -0.3 is 4.74 Å². The normalized spacial score (nSPS) is 11.2. The molecule has 0 unspecified atom stereocenters. The van der Waals surface area contributed by atoms with Crippen LogP contribution in [0.3, 0.4) is 0 Å². The summed E-state index contributed by atoms with van der Waals surface area (Å²) in [6, 6.07) is 15.2. The van der Waals surface area contributed by atoms with Gasteiger partial charge in [0.25, 0.3) is 0 Å². The molecule has 2 aromatic heterocycles. The van der Waals surface area contributed by atoms with E-state index < -0.39 is 0 Å². The van der Waals surface area contributed by atoms with Crippen molar-refractivity contribution in [3.05, 3.63) is 68.9 Å². The van der Waals surface area contributed by atoms with E-state index in [1.54, 1.807) is 0 Å². The second kappa shape index (κ2) is 9.50. The minimum Gasteiger partial charge on any atom is -0.376 e. The van der Waals surface area contributed by atoms with E-state index in [1.165, 1.54) is 55.5 Å². The molecule has 2 heterocycles. The average Bonchev–Trinajstić information content (AvgIpc) is 3.20. The summed E-state index contributed by atoms with van der Waals surface area (Å²) in [4.78, 5) is 5.75. The summed E-state index contributed by atoms with van der Waals surface area (Å²) in [5, 5.41) is 0. The number of hydrogen-bond acceptors (Lipinski definition) is 3. The molecule has 0 saturated carbocycles. The summed E-state index contributed by atoms with van der Waals surface area (Å²) in [5.41, 5.74) is 4.21. The fourth-order valence-corrected chi connectivity index (χ4v) is 5.43. The highest BCUT2D eigenvalue weighted by atomic mass is 32.1. The molecular formula is C23H28OS2. The second-order valence-corrected chi connectivity index (χ2v) is 9.31. The SMILES string of the molecule is CCCCc1cc(-c2sc(C)cc2CCOCc2ccccc2)sc1C. The zero-order valence-corrected chi connectivity index (χ0v) is 17.6. The molecule has 0 radical (unpaired) electrons. The molecule has 0 N–H and O–H groups in total. The highest BCUT2D eigenvalue weighted by molar-refractivity contribution is 7.22. The molecule has 0 aliphatic rings. The van der Waals surface area contributed by atoms with Crippen LogP contribution in [0.25, 0.3) is 9.75 Å². The van der Waals surface area contributed by atoms with Crippen LogP contribution in [0.1, 0.15) is 46.2 Å². The fourth-order valence-electron chi connectivity index (χ4n) is 3.15. The van der Waals surface area contributed by atoms with E-state index in [-0.39, 0.29) is 0 Å². The largest absolute Gasteiger partial charge is 0.376 e. The zero-order valence-electron chi connectivity index (χ0n) is 16.0. The highest BCUT2D eigenvalue weighted by Crippen LogP contribution is 2.39. The van der Waals surface area contributed by atoms with Gasteiger partial charge in [-0.05, 0) is 61.9 Å². The predicted octanol–water partition coefficient (Wildman–Crippen LogP) is 7.20. The molecule has 0 aliphatic carbocycles. The van der Waals surface area contributed by atoms with Crippen LogP contribution in [-0.4, -0.2) is 6.61 Å². The van der Waals surface area contributed by atoms with E-state index in [4.69, 9.17) is 4.74 Å². The Balaban J connectivity index is 1.64. The zero-order chi connectivity index (χ0) is 18.4. The molecule has 0 spiro atoms. The average molecular weight is 385 g/mol. The number of thiophene rings is 2. The third-order valence-corrected chi connectivity index (χ3v) is 6.97. The summed E-state index contributed by atoms with van der Waals surface area (Å²) in [7, 11) is 0. The third kappa shape index (κ3) is 5.06. The summed E-state index contributed by atoms with van der Waals surface area (Å²) >= 11 is 3.87. The van der Waals surface area contributed by atoms with E-state index >= 15 is 0 Å². The summed E-state index contributed by atoms with van der Waals surface area (Å²) < 4.78 is 5.91. The first-order valence-electron chi connectivity index (χ1n) is 9.48. The Morgan fingerprint density at radius 2 is 1.73 bits per heavy atom. The molecule has 3 aromatic rings. The lowest BCUT2D eigenvalue weighted by Crippen LogP contribution is -1.99. The van der Waals surface area contributed by atoms with Gasteiger partial charge in [-0.1, -0.05) is 43.7 Å². The third-order valence-electron chi connectivity index (χ3n) is 4.60. The second-order valence-electron chi connectivity index (χ2n) is 6.80. The van der Waals surface area contributed by atoms with Gasteiger partial charge in [-0.15, -0.1) is 22.7 Å². The molecule has 1 aromatic carbocycles. The Labute approximate surface area is 165 Å². The Kier molecular flexibility index (Phi) is 7.07. The van der Waals surface area contributed by atoms with Crippen molar-refractivity contribution in [2.45, 2.75) is 53.1 Å². The molecule has 138 valence electrons. The van der Waals surface area contributed by atoms with Gasteiger partial charge in [-0.25, -0.2) is 0 Å². The quantitative estimate of drug-likeness (QED) is 0.355. The van der Waals surface area contributed by atoms with E-state index in [2.05, 4.69) is 57.2 Å². The minimum absolute atomic E-state index is 0.693. The van der Waals surface area contributed by atoms with Crippen LogP contribution in [0, 0.1) is 13.8 Å². The van der Waals surface area contributed by atoms with Crippen molar-refractivity contribution in [3.63, 3.8) is 0 Å². The summed E-state index contributed by atoms with van der Waals surface area (Å²) in [6.45, 7) is 8.20. The van der Waals surface area contributed by atoms with Crippen LogP contribution >= 0.6 is 22.7 Å². The van der Waals surface area contributed by atoms with Crippen LogP contribution < -0.4 is 0 Å². The first kappa shape index (κ1) is 19.3. The van der Waals surface area contributed by atoms with Gasteiger partial charge in [-0.3, -0.25) is 0 Å². The van der Waals surface area contributed by atoms with Crippen LogP contribution in [0.5, 0.6) is 0 Å². The van der Waals surface area contributed by atoms with Crippen molar-refractivity contribution < 1.29 is 4.74 Å². The van der Waals surface area contributed by atoms with Crippen molar-refractivity contribution in [2.75, 3.05) is 6.61 Å². The minimum atomic E-state index is 0.693. The van der Waals surface area contributed by atoms with Crippen LogP contribution in [0.2, 0.25) is 0 Å². The maximum atomic E-state index is 5.91. The van der Waals surface area contributed by atoms with Crippen LogP contribution in [0.15, 0.2) is 42.5 Å². The molecule has 0 amide bonds. The van der Waals surface area contributed by atoms with Gasteiger partial charge in [0.1, 0.15) is 0 Å². The number of hydrogen-bond donors (Lipinski definition) is 0. The molecule has 0 fully saturated rings. The molecule has 3 rings (SSSR count). The Morgan fingerprint density at radius 1 is 0.923 bits per heavy atom. The van der Waals surface area contributed by atoms with Crippen molar-refractivity contribution in [2.24, 2.45) is 0 Å². The van der Waals surface area contributed by atoms with Crippen molar-refractivity contribution in [1.82, 2.24) is 0 Å². The molecule has 1 nitrogen and oxygen atoms in total. The number of ether oxygens (including phenoxy) is 1. The number of unbranched alkanes of at least 4 members (excludes halogenated alkanes) is 1. The topological polar surface area (TPSA) is 9.23 Å². The van der Waals surface area contributed by atoms with Crippen molar-refractivity contribution in [1.29, 1.82) is 0 Å². The molecule has 0 aliphatic heterocycles. The Bertz CT molecular complexity index is 814. The lowest BCUT2D eigenvalue weighted by molar-refractivity contribution is 0.124. The molecule has 0 atom stereocenters. The van der Waals surface area contributed by atoms with Gasteiger partial charge in [0, 0.05) is 19.5 Å². The predicted molar refractivity (Wildman–Crippen MR) is 116 cm³/mol. The summed E-state index contributed by atoms with van der Waals surface area (Å²) in [6.07, 6.45) is 4.72. The number of aryl methyl sites for hydroxylation is 3. The number of benzene rings is 1. The smallest absolute Gasteiger partial charge is 0.0717 e. The fraction of sp³-hybridized carbons (Fsp3) is 0.391. The maximum Gasteiger partial charge on any atom is 0.0717 e. The van der Waals surface area contributed by atoms with Gasteiger partial charge in [-0.2, -0.15) is 0 Å². The van der Waals surface area contributed by atoms with E-state index in [0.29, 0.717) is 6.61 Å². The molecular weight excluding hydrogens is 356 g/mol. The van der Waals surface area contributed by atoms with E-state index in [1.807, 2.05) is 28.7 Å². The first-order chi connectivity index (χ1) is 12.7. The van der Waals surface area contributed by atoms with Gasteiger partial charge >= 0.3 is 0 Å². The Hall–Kier alpha value is -1.42. The lowest BCUT2D eigenvalue weighted by Gasteiger charge is -2.05. The van der Waals surface area contributed by atoms with E-state index in [9.17, 15) is 0 Å². The van der Waals surface area contributed by atoms with Gasteiger partial charge in [0.2, 0.25) is 0 Å². The Morgan fingerprint density at radius 3 is 2.50 bits per heavy atom. The van der Waals surface area contributed by atoms with Gasteiger partial charge in [0.15, 0.2) is 0 Å². The van der Waals surface area contributed by atoms with Crippen molar-refractivity contribution >= 4 is 22.7 Å². The van der Waals surface area contributed by atoms with Crippen LogP contribution in [-0.2, 0) is 24.2 Å². The molecule has 3 heteroatoms. The van der Waals surface area contributed by atoms with E-state index in [0.717, 1.165) is 13.0 Å². The molecule has 0 saturated heterocycles. The molecule has 0 bridgehead atoms. The van der Waals surface area contributed by atoms with Crippen LogP contribution in [0.4, 0.5) is 0 Å². The van der Waals surface area contributed by atoms with Crippen molar-refractivity contribution in [3.8, 4) is 9.75 Å². The van der Waals surface area contributed by atoms with Gasteiger partial charge in [0.05, 0.1) is 13.2 Å². The first-order valence-corrected chi connectivity index (χ1v) is 11.1. The molecule has 26 heavy (non-hydrogen) atoms. The maximum absolute atomic E-state index is 5.91.